The minimum absolute atomic E-state index is 0.0509. The zero-order valence-electron chi connectivity index (χ0n) is 12.1. The lowest BCUT2D eigenvalue weighted by Crippen LogP contribution is -2.65. The topological polar surface area (TPSA) is 43.1 Å². The van der Waals surface area contributed by atoms with E-state index in [2.05, 4.69) is 0 Å². The number of ketones is 1. The highest BCUT2D eigenvalue weighted by molar-refractivity contribution is 6.66. The summed E-state index contributed by atoms with van der Waals surface area (Å²) in [7, 11) is 47.1. The molecule has 0 bridgehead atoms. The molecular weight excluding hydrogens is 296 g/mol. The molecule has 94 valence electrons. The second-order valence-electron chi connectivity index (χ2n) is 5.65. The average Bonchev–Trinajstić information content (AvgIpc) is 2.46. The molecule has 1 aromatic rings. The summed E-state index contributed by atoms with van der Waals surface area (Å²) < 4.78 is 0. The van der Waals surface area contributed by atoms with Crippen LogP contribution in [0.5, 0.6) is 0 Å². The molecule has 0 fully saturated rings. The van der Waals surface area contributed by atoms with Crippen LogP contribution in [0, 0.1) is 0 Å². The highest BCUT2D eigenvalue weighted by Gasteiger charge is 2.56. The molecule has 1 atom stereocenters. The van der Waals surface area contributed by atoms with Crippen molar-refractivity contribution in [3.8, 4) is 0 Å². The van der Waals surface area contributed by atoms with Gasteiger partial charge in [-0.15, -0.1) is 10.9 Å². The lowest BCUT2D eigenvalue weighted by Gasteiger charge is -2.56. The average molecular weight is 300 g/mol. The Kier molecular flexibility index (Phi) is 4.44. The maximum Gasteiger partial charge on any atom is 0.178 e. The van der Waals surface area contributed by atoms with Gasteiger partial charge in [-0.2, -0.15) is 0 Å². The van der Waals surface area contributed by atoms with Gasteiger partial charge in [0.1, 0.15) is 31.4 Å². The zero-order chi connectivity index (χ0) is 18.0. The van der Waals surface area contributed by atoms with E-state index in [0.29, 0.717) is 0 Å². The van der Waals surface area contributed by atoms with E-state index in [1.165, 1.54) is 0 Å². The van der Waals surface area contributed by atoms with Crippen molar-refractivity contribution < 1.29 is 4.79 Å². The highest BCUT2D eigenvalue weighted by Crippen LogP contribution is 2.57. The molecule has 2 N–H and O–H groups in total. The summed E-state index contributed by atoms with van der Waals surface area (Å²) in [6, 6.07) is 0. The van der Waals surface area contributed by atoms with Gasteiger partial charge >= 0.3 is 0 Å². The van der Waals surface area contributed by atoms with Crippen molar-refractivity contribution >= 4 is 102 Å². The largest absolute Gasteiger partial charge is 0.316 e. The van der Waals surface area contributed by atoms with Crippen molar-refractivity contribution in [3.05, 3.63) is 22.7 Å². The molecule has 0 saturated carbocycles. The number of carbonyl (C=O) groups excluding carboxylic acids is 1. The van der Waals surface area contributed by atoms with Crippen LogP contribution in [0.25, 0.3) is 0 Å². The van der Waals surface area contributed by atoms with Crippen molar-refractivity contribution in [1.82, 2.24) is 0 Å². The lowest BCUT2D eigenvalue weighted by molar-refractivity contribution is -0.120. The van der Waals surface area contributed by atoms with E-state index in [0.717, 1.165) is 12.2 Å². The van der Waals surface area contributed by atoms with Crippen LogP contribution in [0.1, 0.15) is 5.56 Å². The fourth-order valence-corrected chi connectivity index (χ4v) is 2.89. The molecule has 1 unspecified atom stereocenters. The molecule has 11 heteroatoms. The van der Waals surface area contributed by atoms with Crippen LogP contribution in [-0.4, -0.2) is 68.6 Å². The molecule has 0 aliphatic heterocycles. The Morgan fingerprint density at radius 1 is 0.913 bits per heavy atom. The predicted molar refractivity (Wildman–Crippen MR) is 101 cm³/mol. The Hall–Kier alpha value is -0.601. The highest BCUT2D eigenvalue weighted by atomic mass is 35.5. The number of hydrogen-bond acceptors (Lipinski definition) is 2. The van der Waals surface area contributed by atoms with Gasteiger partial charge in [0, 0.05) is 5.02 Å². The standard InChI is InChI=1S/C12H4B8ClNO/c13-5-4(9(21)8(16)7(15)6(5)14)11(22)3(23)1-2-10(17,18)12(11,19)20/h1-2H,22H2. The van der Waals surface area contributed by atoms with Crippen LogP contribution < -0.4 is 27.6 Å². The molecule has 0 aromatic heterocycles. The molecular formula is C12H4B8ClNO. The SMILES string of the molecule is [B]c1c([B])c([B])c(C2(N)C(=O)C=CC([B])([B])C2([B])[B])c(Cl)c1[B]. The summed E-state index contributed by atoms with van der Waals surface area (Å²) in [5, 5.41) is -4.19. The Morgan fingerprint density at radius 3 is 1.91 bits per heavy atom. The number of benzene rings is 1. The van der Waals surface area contributed by atoms with E-state index < -0.39 is 21.7 Å². The van der Waals surface area contributed by atoms with Gasteiger partial charge in [-0.3, -0.25) is 4.79 Å². The van der Waals surface area contributed by atoms with E-state index in [-0.39, 0.29) is 32.4 Å². The van der Waals surface area contributed by atoms with E-state index in [1.54, 1.807) is 0 Å². The van der Waals surface area contributed by atoms with Crippen LogP contribution in [0.2, 0.25) is 15.5 Å². The lowest BCUT2D eigenvalue weighted by atomic mass is 9.23. The molecule has 2 rings (SSSR count). The van der Waals surface area contributed by atoms with Gasteiger partial charge in [0.25, 0.3) is 0 Å². The van der Waals surface area contributed by atoms with E-state index in [9.17, 15) is 4.79 Å². The fourth-order valence-electron chi connectivity index (χ4n) is 2.54. The molecule has 0 amide bonds. The fraction of sp³-hybridized carbons (Fsp3) is 0.250. The molecule has 0 spiro atoms. The Balaban J connectivity index is 2.95. The summed E-state index contributed by atoms with van der Waals surface area (Å²) in [5.41, 5.74) is 3.43. The summed E-state index contributed by atoms with van der Waals surface area (Å²) in [5.74, 6) is -0.716. The molecule has 0 saturated heterocycles. The van der Waals surface area contributed by atoms with E-state index in [1.807, 2.05) is 0 Å². The van der Waals surface area contributed by atoms with E-state index in [4.69, 9.17) is 80.1 Å². The summed E-state index contributed by atoms with van der Waals surface area (Å²) in [6.45, 7) is 0. The first kappa shape index (κ1) is 18.7. The third-order valence-corrected chi connectivity index (χ3v) is 4.65. The Labute approximate surface area is 151 Å². The second-order valence-corrected chi connectivity index (χ2v) is 6.03. The maximum absolute atomic E-state index is 12.5. The smallest absolute Gasteiger partial charge is 0.178 e. The predicted octanol–water partition coefficient (Wildman–Crippen LogP) is -4.29. The van der Waals surface area contributed by atoms with E-state index >= 15 is 0 Å². The first-order valence-corrected chi connectivity index (χ1v) is 6.78. The summed E-state index contributed by atoms with van der Waals surface area (Å²) >= 11 is 6.19. The molecule has 2 nitrogen and oxygen atoms in total. The van der Waals surface area contributed by atoms with Gasteiger partial charge in [0.15, 0.2) is 5.78 Å². The van der Waals surface area contributed by atoms with Gasteiger partial charge in [-0.05, 0) is 11.6 Å². The summed E-state index contributed by atoms with van der Waals surface area (Å²) in [6.07, 6.45) is 2.20. The first-order valence-electron chi connectivity index (χ1n) is 6.40. The van der Waals surface area contributed by atoms with Crippen molar-refractivity contribution in [1.29, 1.82) is 0 Å². The number of halogens is 1. The third-order valence-electron chi connectivity index (χ3n) is 4.26. The number of carbonyl (C=O) groups is 1. The second kappa shape index (κ2) is 5.46. The summed E-state index contributed by atoms with van der Waals surface area (Å²) in [4.78, 5) is 12.5. The number of hydrogen-bond donors (Lipinski definition) is 1. The van der Waals surface area contributed by atoms with Crippen molar-refractivity contribution in [2.75, 3.05) is 0 Å². The first-order chi connectivity index (χ1) is 10.3. The molecule has 1 aliphatic carbocycles. The minimum atomic E-state index is -2.18. The number of rotatable bonds is 1. The van der Waals surface area contributed by atoms with Crippen LogP contribution >= 0.6 is 11.6 Å². The maximum atomic E-state index is 12.5. The molecule has 1 aromatic carbocycles. The minimum Gasteiger partial charge on any atom is -0.316 e. The number of nitrogens with two attached hydrogens (primary N) is 1. The van der Waals surface area contributed by atoms with Crippen molar-refractivity contribution in [2.24, 2.45) is 5.73 Å². The third kappa shape index (κ3) is 2.28. The van der Waals surface area contributed by atoms with Crippen LogP contribution in [0.15, 0.2) is 12.2 Å². The van der Waals surface area contributed by atoms with Gasteiger partial charge in [-0.25, -0.2) is 0 Å². The van der Waals surface area contributed by atoms with Crippen LogP contribution in [0.4, 0.5) is 0 Å². The van der Waals surface area contributed by atoms with Gasteiger partial charge in [0.2, 0.25) is 0 Å². The number of allylic oxidation sites excluding steroid dienone is 1. The zero-order valence-corrected chi connectivity index (χ0v) is 12.9. The van der Waals surface area contributed by atoms with Crippen LogP contribution in [0.3, 0.4) is 0 Å². The van der Waals surface area contributed by atoms with Crippen molar-refractivity contribution in [3.63, 3.8) is 0 Å². The van der Waals surface area contributed by atoms with Gasteiger partial charge < -0.3 is 5.73 Å². The molecule has 23 heavy (non-hydrogen) atoms. The van der Waals surface area contributed by atoms with Gasteiger partial charge in [-0.1, -0.05) is 39.0 Å². The monoisotopic (exact) mass is 301 g/mol. The Bertz CT molecular complexity index is 718. The molecule has 0 heterocycles. The van der Waals surface area contributed by atoms with Crippen LogP contribution in [-0.2, 0) is 10.3 Å². The van der Waals surface area contributed by atoms with Gasteiger partial charge in [0.05, 0.1) is 36.9 Å². The quantitative estimate of drug-likeness (QED) is 0.534. The molecule has 16 radical (unpaired) electrons. The molecule has 1 aliphatic rings. The van der Waals surface area contributed by atoms with Crippen molar-refractivity contribution in [2.45, 2.75) is 16.0 Å². The normalized spacial score (nSPS) is 25.4. The Morgan fingerprint density at radius 2 is 1.39 bits per heavy atom.